The van der Waals surface area contributed by atoms with E-state index < -0.39 is 0 Å². The molecule has 1 amide bonds. The number of nitrogens with one attached hydrogen (secondary N) is 2. The number of carbonyl (C=O) groups excluding carboxylic acids is 1. The van der Waals surface area contributed by atoms with Crippen LogP contribution in [0.4, 0.5) is 11.5 Å². The van der Waals surface area contributed by atoms with Crippen molar-refractivity contribution < 1.29 is 9.32 Å². The van der Waals surface area contributed by atoms with E-state index in [9.17, 15) is 9.70 Å². The second-order valence-electron chi connectivity index (χ2n) is 10.5. The van der Waals surface area contributed by atoms with Crippen molar-refractivity contribution in [3.05, 3.63) is 40.8 Å². The normalized spacial score (nSPS) is 20.4. The Labute approximate surface area is 189 Å². The highest BCUT2D eigenvalue weighted by molar-refractivity contribution is 5.92. The van der Waals surface area contributed by atoms with E-state index in [1.54, 1.807) is 13.1 Å². The van der Waals surface area contributed by atoms with Gasteiger partial charge in [-0.15, -0.1) is 4.91 Å². The average molecular weight is 443 g/mol. The first-order valence-corrected chi connectivity index (χ1v) is 11.0. The minimum absolute atomic E-state index is 0.0451. The van der Waals surface area contributed by atoms with E-state index in [1.807, 2.05) is 12.1 Å². The molecule has 1 saturated carbocycles. The number of anilines is 2. The molecule has 0 saturated heterocycles. The molecule has 9 nitrogen and oxygen atoms in total. The van der Waals surface area contributed by atoms with Gasteiger partial charge in [-0.1, -0.05) is 39.8 Å². The van der Waals surface area contributed by atoms with Crippen LogP contribution in [0.15, 0.2) is 34.3 Å². The number of aromatic nitrogens is 2. The van der Waals surface area contributed by atoms with Crippen LogP contribution in [0, 0.1) is 15.7 Å². The first-order valence-electron chi connectivity index (χ1n) is 11.0. The number of hydrogen-bond donors (Lipinski definition) is 2. The molecule has 2 unspecified atom stereocenters. The smallest absolute Gasteiger partial charge is 0.273 e. The van der Waals surface area contributed by atoms with Crippen LogP contribution in [0.2, 0.25) is 0 Å². The van der Waals surface area contributed by atoms with Crippen molar-refractivity contribution in [3.63, 3.8) is 0 Å². The highest BCUT2D eigenvalue weighted by Crippen LogP contribution is 2.43. The molecule has 1 fully saturated rings. The lowest BCUT2D eigenvalue weighted by atomic mass is 9.68. The number of rotatable bonds is 7. The predicted octanol–water partition coefficient (Wildman–Crippen LogP) is 4.74. The molecule has 0 radical (unpaired) electrons. The Bertz CT molecular complexity index is 936. The van der Waals surface area contributed by atoms with Gasteiger partial charge in [-0.05, 0) is 42.2 Å². The van der Waals surface area contributed by atoms with Crippen LogP contribution >= 0.6 is 0 Å². The third kappa shape index (κ3) is 5.63. The van der Waals surface area contributed by atoms with E-state index in [-0.39, 0.29) is 34.4 Å². The zero-order chi connectivity index (χ0) is 23.5. The van der Waals surface area contributed by atoms with Gasteiger partial charge in [0.15, 0.2) is 11.5 Å². The Kier molecular flexibility index (Phi) is 6.85. The zero-order valence-electron chi connectivity index (χ0n) is 19.8. The second kappa shape index (κ2) is 9.26. The summed E-state index contributed by atoms with van der Waals surface area (Å²) in [5.74, 6) is 0.425. The van der Waals surface area contributed by atoms with Gasteiger partial charge in [0, 0.05) is 37.3 Å². The summed E-state index contributed by atoms with van der Waals surface area (Å²) in [5.41, 5.74) is 1.96. The molecular weight excluding hydrogens is 408 g/mol. The number of nitroso groups, excluding NO2 is 1. The molecule has 32 heavy (non-hydrogen) atoms. The maximum absolute atomic E-state index is 12.6. The standard InChI is InChI=1S/C23H34N6O3/c1-22(2,3)14-24-17-8-7-16(25-20(17)29(6)28-31)15-9-11-23(4,5)19(13-15)26-21(30)18-10-12-32-27-18/h7-8,10,12,15,19,24H,9,11,13-14H2,1-6H3,(H,26,30). The summed E-state index contributed by atoms with van der Waals surface area (Å²) >= 11 is 0. The topological polar surface area (TPSA) is 113 Å². The Morgan fingerprint density at radius 3 is 2.69 bits per heavy atom. The molecule has 0 aliphatic heterocycles. The Morgan fingerprint density at radius 1 is 1.31 bits per heavy atom. The van der Waals surface area contributed by atoms with Crippen LogP contribution in [0.5, 0.6) is 0 Å². The molecule has 1 aliphatic carbocycles. The average Bonchev–Trinajstić information content (AvgIpc) is 3.27. The zero-order valence-corrected chi connectivity index (χ0v) is 19.8. The molecule has 9 heteroatoms. The molecule has 174 valence electrons. The van der Waals surface area contributed by atoms with Crippen LogP contribution in [-0.4, -0.2) is 35.7 Å². The number of hydrogen-bond acceptors (Lipinski definition) is 7. The van der Waals surface area contributed by atoms with Crippen molar-refractivity contribution in [2.24, 2.45) is 16.1 Å². The van der Waals surface area contributed by atoms with Crippen molar-refractivity contribution in [1.82, 2.24) is 15.5 Å². The van der Waals surface area contributed by atoms with Crippen molar-refractivity contribution in [1.29, 1.82) is 0 Å². The van der Waals surface area contributed by atoms with Crippen molar-refractivity contribution in [3.8, 4) is 0 Å². The fourth-order valence-electron chi connectivity index (χ4n) is 4.00. The lowest BCUT2D eigenvalue weighted by Gasteiger charge is -2.42. The summed E-state index contributed by atoms with van der Waals surface area (Å²) < 4.78 is 4.80. The minimum Gasteiger partial charge on any atom is -0.381 e. The van der Waals surface area contributed by atoms with E-state index in [1.165, 1.54) is 11.3 Å². The highest BCUT2D eigenvalue weighted by Gasteiger charge is 2.39. The highest BCUT2D eigenvalue weighted by atomic mass is 16.5. The van der Waals surface area contributed by atoms with Crippen molar-refractivity contribution in [2.75, 3.05) is 23.9 Å². The lowest BCUT2D eigenvalue weighted by molar-refractivity contribution is 0.0827. The molecule has 0 spiro atoms. The Morgan fingerprint density at radius 2 is 2.06 bits per heavy atom. The lowest BCUT2D eigenvalue weighted by Crippen LogP contribution is -2.48. The molecule has 1 aliphatic rings. The van der Waals surface area contributed by atoms with Gasteiger partial charge in [0.25, 0.3) is 5.91 Å². The predicted molar refractivity (Wildman–Crippen MR) is 125 cm³/mol. The van der Waals surface area contributed by atoms with E-state index in [0.717, 1.165) is 37.2 Å². The van der Waals surface area contributed by atoms with Crippen LogP contribution in [0.25, 0.3) is 0 Å². The quantitative estimate of drug-likeness (QED) is 0.470. The monoisotopic (exact) mass is 442 g/mol. The summed E-state index contributed by atoms with van der Waals surface area (Å²) in [4.78, 5) is 28.6. The fraction of sp³-hybridized carbons (Fsp3) is 0.609. The Balaban J connectivity index is 1.81. The molecule has 2 heterocycles. The maximum Gasteiger partial charge on any atom is 0.273 e. The summed E-state index contributed by atoms with van der Waals surface area (Å²) in [6.45, 7) is 11.5. The SMILES string of the molecule is CN(N=O)c1nc(C2CCC(C)(C)C(NC(=O)c3ccon3)C2)ccc1NCC(C)(C)C. The van der Waals surface area contributed by atoms with E-state index >= 15 is 0 Å². The van der Waals surface area contributed by atoms with Gasteiger partial charge in [0.1, 0.15) is 6.26 Å². The molecule has 3 rings (SSSR count). The molecule has 2 N–H and O–H groups in total. The summed E-state index contributed by atoms with van der Waals surface area (Å²) in [5, 5.41) is 14.6. The fourth-order valence-corrected chi connectivity index (χ4v) is 4.00. The van der Waals surface area contributed by atoms with Crippen LogP contribution in [0.1, 0.15) is 76.0 Å². The third-order valence-electron chi connectivity index (χ3n) is 6.13. The molecule has 2 aromatic rings. The van der Waals surface area contributed by atoms with Gasteiger partial charge >= 0.3 is 0 Å². The first-order chi connectivity index (χ1) is 15.0. The van der Waals surface area contributed by atoms with Crippen LogP contribution < -0.4 is 15.6 Å². The van der Waals surface area contributed by atoms with Crippen LogP contribution in [0.3, 0.4) is 0 Å². The number of nitrogens with zero attached hydrogens (tertiary/aromatic N) is 4. The summed E-state index contributed by atoms with van der Waals surface area (Å²) in [6.07, 6.45) is 4.02. The van der Waals surface area contributed by atoms with Gasteiger partial charge in [-0.3, -0.25) is 4.79 Å². The second-order valence-corrected chi connectivity index (χ2v) is 10.5. The molecular formula is C23H34N6O3. The molecule has 2 aromatic heterocycles. The van der Waals surface area contributed by atoms with E-state index in [2.05, 4.69) is 55.7 Å². The minimum atomic E-state index is -0.238. The first kappa shape index (κ1) is 23.7. The van der Waals surface area contributed by atoms with E-state index in [4.69, 9.17) is 9.51 Å². The van der Waals surface area contributed by atoms with Crippen LogP contribution in [-0.2, 0) is 0 Å². The molecule has 0 aromatic carbocycles. The third-order valence-corrected chi connectivity index (χ3v) is 6.13. The van der Waals surface area contributed by atoms with Gasteiger partial charge in [-0.2, -0.15) is 0 Å². The van der Waals surface area contributed by atoms with Gasteiger partial charge in [-0.25, -0.2) is 9.99 Å². The van der Waals surface area contributed by atoms with Crippen molar-refractivity contribution in [2.45, 2.75) is 65.8 Å². The van der Waals surface area contributed by atoms with E-state index in [0.29, 0.717) is 5.82 Å². The molecule has 2 atom stereocenters. The molecule has 0 bridgehead atoms. The largest absolute Gasteiger partial charge is 0.381 e. The number of pyridine rings is 1. The summed E-state index contributed by atoms with van der Waals surface area (Å²) in [7, 11) is 1.60. The summed E-state index contributed by atoms with van der Waals surface area (Å²) in [6, 6.07) is 5.49. The number of amides is 1. The number of carbonyl (C=O) groups is 1. The van der Waals surface area contributed by atoms with Crippen molar-refractivity contribution >= 4 is 17.4 Å². The Hall–Kier alpha value is -2.97. The van der Waals surface area contributed by atoms with Gasteiger partial charge in [0.05, 0.1) is 11.0 Å². The maximum atomic E-state index is 12.6. The van der Waals surface area contributed by atoms with Gasteiger partial charge in [0.2, 0.25) is 0 Å². The van der Waals surface area contributed by atoms with Gasteiger partial charge < -0.3 is 15.2 Å².